The van der Waals surface area contributed by atoms with Crippen LogP contribution in [0.4, 0.5) is 0 Å². The lowest BCUT2D eigenvalue weighted by Gasteiger charge is -2.20. The molecule has 0 spiro atoms. The van der Waals surface area contributed by atoms with Crippen molar-refractivity contribution in [3.63, 3.8) is 0 Å². The van der Waals surface area contributed by atoms with E-state index in [1.807, 2.05) is 12.1 Å². The van der Waals surface area contributed by atoms with Gasteiger partial charge in [0.05, 0.1) is 26.5 Å². The molecule has 0 atom stereocenters. The number of carbonyl (C=O) groups is 2. The predicted octanol–water partition coefficient (Wildman–Crippen LogP) is 2.38. The summed E-state index contributed by atoms with van der Waals surface area (Å²) in [5, 5.41) is 0. The first-order chi connectivity index (χ1) is 11.1. The maximum absolute atomic E-state index is 12.3. The number of rotatable bonds is 6. The van der Waals surface area contributed by atoms with E-state index in [0.717, 1.165) is 11.3 Å². The molecule has 0 saturated heterocycles. The van der Waals surface area contributed by atoms with E-state index in [2.05, 4.69) is 0 Å². The predicted molar refractivity (Wildman–Crippen MR) is 82.6 cm³/mol. The Morgan fingerprint density at radius 1 is 1.13 bits per heavy atom. The molecule has 6 nitrogen and oxygen atoms in total. The number of benzene rings is 1. The first kappa shape index (κ1) is 16.6. The minimum atomic E-state index is -0.868. The standard InChI is InChI=1S/C17H19NO5/c1-3-22-17(20)16(19)18(12-15-5-4-10-23-15)11-13-6-8-14(21-2)9-7-13/h4-10H,3,11-12H2,1-2H3. The molecule has 0 fully saturated rings. The van der Waals surface area contributed by atoms with E-state index in [0.29, 0.717) is 5.76 Å². The van der Waals surface area contributed by atoms with Crippen LogP contribution in [0.1, 0.15) is 18.2 Å². The number of hydrogen-bond acceptors (Lipinski definition) is 5. The first-order valence-electron chi connectivity index (χ1n) is 7.25. The van der Waals surface area contributed by atoms with Crippen molar-refractivity contribution in [2.45, 2.75) is 20.0 Å². The van der Waals surface area contributed by atoms with Crippen molar-refractivity contribution in [1.82, 2.24) is 4.90 Å². The Morgan fingerprint density at radius 3 is 2.43 bits per heavy atom. The Kier molecular flexibility index (Phi) is 5.80. The number of hydrogen-bond donors (Lipinski definition) is 0. The average Bonchev–Trinajstić information content (AvgIpc) is 3.07. The van der Waals surface area contributed by atoms with E-state index in [1.165, 1.54) is 11.2 Å². The molecule has 122 valence electrons. The summed E-state index contributed by atoms with van der Waals surface area (Å²) in [7, 11) is 1.59. The normalized spacial score (nSPS) is 10.2. The Balaban J connectivity index is 2.14. The van der Waals surface area contributed by atoms with Crippen molar-refractivity contribution >= 4 is 11.9 Å². The number of ether oxygens (including phenoxy) is 2. The third-order valence-corrected chi connectivity index (χ3v) is 3.20. The molecule has 1 aromatic heterocycles. The minimum absolute atomic E-state index is 0.154. The van der Waals surface area contributed by atoms with E-state index in [4.69, 9.17) is 13.9 Å². The van der Waals surface area contributed by atoms with Crippen LogP contribution in [-0.4, -0.2) is 30.5 Å². The quantitative estimate of drug-likeness (QED) is 0.604. The van der Waals surface area contributed by atoms with Crippen LogP contribution in [0.15, 0.2) is 47.1 Å². The van der Waals surface area contributed by atoms with Crippen molar-refractivity contribution in [2.24, 2.45) is 0 Å². The monoisotopic (exact) mass is 317 g/mol. The lowest BCUT2D eigenvalue weighted by molar-refractivity contribution is -0.160. The van der Waals surface area contributed by atoms with Gasteiger partial charge in [0.15, 0.2) is 0 Å². The molecule has 2 rings (SSSR count). The van der Waals surface area contributed by atoms with E-state index in [9.17, 15) is 9.59 Å². The van der Waals surface area contributed by atoms with Crippen LogP contribution in [0.25, 0.3) is 0 Å². The highest BCUT2D eigenvalue weighted by molar-refractivity contribution is 6.32. The summed E-state index contributed by atoms with van der Waals surface area (Å²) in [6.07, 6.45) is 1.52. The molecule has 0 aliphatic carbocycles. The van der Waals surface area contributed by atoms with Gasteiger partial charge in [0.25, 0.3) is 0 Å². The molecule has 0 unspecified atom stereocenters. The molecule has 1 amide bonds. The van der Waals surface area contributed by atoms with E-state index < -0.39 is 11.9 Å². The van der Waals surface area contributed by atoms with Gasteiger partial charge in [-0.1, -0.05) is 12.1 Å². The fourth-order valence-corrected chi connectivity index (χ4v) is 2.06. The second-order valence-electron chi connectivity index (χ2n) is 4.81. The van der Waals surface area contributed by atoms with Gasteiger partial charge in [-0.2, -0.15) is 0 Å². The van der Waals surface area contributed by atoms with Crippen molar-refractivity contribution in [2.75, 3.05) is 13.7 Å². The third kappa shape index (κ3) is 4.60. The molecule has 0 aliphatic rings. The maximum atomic E-state index is 12.3. The van der Waals surface area contributed by atoms with Gasteiger partial charge in [0.1, 0.15) is 11.5 Å². The Labute approximate surface area is 134 Å². The highest BCUT2D eigenvalue weighted by atomic mass is 16.5. The van der Waals surface area contributed by atoms with Crippen molar-refractivity contribution in [1.29, 1.82) is 0 Å². The zero-order chi connectivity index (χ0) is 16.7. The molecule has 1 heterocycles. The number of methoxy groups -OCH3 is 1. The van der Waals surface area contributed by atoms with Gasteiger partial charge in [-0.25, -0.2) is 4.79 Å². The van der Waals surface area contributed by atoms with Gasteiger partial charge in [-0.3, -0.25) is 4.79 Å². The van der Waals surface area contributed by atoms with E-state index in [1.54, 1.807) is 38.3 Å². The average molecular weight is 317 g/mol. The molecule has 0 aliphatic heterocycles. The van der Waals surface area contributed by atoms with Crippen LogP contribution in [0.3, 0.4) is 0 Å². The molecular weight excluding hydrogens is 298 g/mol. The first-order valence-corrected chi connectivity index (χ1v) is 7.25. The van der Waals surface area contributed by atoms with Gasteiger partial charge < -0.3 is 18.8 Å². The Bertz CT molecular complexity index is 634. The van der Waals surface area contributed by atoms with Gasteiger partial charge >= 0.3 is 11.9 Å². The Hall–Kier alpha value is -2.76. The molecule has 0 N–H and O–H groups in total. The number of carbonyl (C=O) groups excluding carboxylic acids is 2. The lowest BCUT2D eigenvalue weighted by atomic mass is 10.2. The highest BCUT2D eigenvalue weighted by Gasteiger charge is 2.24. The molecule has 6 heteroatoms. The van der Waals surface area contributed by atoms with Crippen LogP contribution < -0.4 is 4.74 Å². The second-order valence-corrected chi connectivity index (χ2v) is 4.81. The largest absolute Gasteiger partial charge is 0.497 e. The summed E-state index contributed by atoms with van der Waals surface area (Å²) in [6.45, 7) is 2.27. The lowest BCUT2D eigenvalue weighted by Crippen LogP contribution is -2.36. The fraction of sp³-hybridized carbons (Fsp3) is 0.294. The molecule has 2 aromatic rings. The number of amides is 1. The topological polar surface area (TPSA) is 69.0 Å². The van der Waals surface area contributed by atoms with Crippen LogP contribution in [0.5, 0.6) is 5.75 Å². The van der Waals surface area contributed by atoms with Crippen LogP contribution in [0, 0.1) is 0 Å². The van der Waals surface area contributed by atoms with Crippen LogP contribution in [0.2, 0.25) is 0 Å². The number of nitrogens with zero attached hydrogens (tertiary/aromatic N) is 1. The molecule has 0 radical (unpaired) electrons. The number of esters is 1. The van der Waals surface area contributed by atoms with Gasteiger partial charge in [-0.15, -0.1) is 0 Å². The van der Waals surface area contributed by atoms with E-state index >= 15 is 0 Å². The van der Waals surface area contributed by atoms with E-state index in [-0.39, 0.29) is 19.7 Å². The fourth-order valence-electron chi connectivity index (χ4n) is 2.06. The van der Waals surface area contributed by atoms with Crippen molar-refractivity contribution in [3.8, 4) is 5.75 Å². The van der Waals surface area contributed by atoms with Crippen LogP contribution >= 0.6 is 0 Å². The van der Waals surface area contributed by atoms with Crippen LogP contribution in [-0.2, 0) is 27.4 Å². The summed E-state index contributed by atoms with van der Waals surface area (Å²) >= 11 is 0. The summed E-state index contributed by atoms with van der Waals surface area (Å²) in [5.41, 5.74) is 0.870. The van der Waals surface area contributed by atoms with Crippen molar-refractivity contribution in [3.05, 3.63) is 54.0 Å². The minimum Gasteiger partial charge on any atom is -0.497 e. The molecule has 0 bridgehead atoms. The molecular formula is C17H19NO5. The van der Waals surface area contributed by atoms with Gasteiger partial charge in [0.2, 0.25) is 0 Å². The molecule has 1 aromatic carbocycles. The second kappa shape index (κ2) is 8.03. The maximum Gasteiger partial charge on any atom is 0.397 e. The number of furan rings is 1. The summed E-state index contributed by atoms with van der Waals surface area (Å²) in [4.78, 5) is 25.4. The van der Waals surface area contributed by atoms with Gasteiger partial charge in [-0.05, 0) is 36.8 Å². The zero-order valence-electron chi connectivity index (χ0n) is 13.2. The molecule has 23 heavy (non-hydrogen) atoms. The third-order valence-electron chi connectivity index (χ3n) is 3.20. The Morgan fingerprint density at radius 2 is 1.87 bits per heavy atom. The SMILES string of the molecule is CCOC(=O)C(=O)N(Cc1ccc(OC)cc1)Cc1ccco1. The summed E-state index contributed by atoms with van der Waals surface area (Å²) in [6, 6.07) is 10.8. The van der Waals surface area contributed by atoms with Crippen molar-refractivity contribution < 1.29 is 23.5 Å². The zero-order valence-corrected chi connectivity index (χ0v) is 13.2. The summed E-state index contributed by atoms with van der Waals surface area (Å²) in [5.74, 6) is -0.245. The van der Waals surface area contributed by atoms with Gasteiger partial charge in [0, 0.05) is 6.54 Å². The molecule has 0 saturated carbocycles. The highest BCUT2D eigenvalue weighted by Crippen LogP contribution is 2.15. The summed E-state index contributed by atoms with van der Waals surface area (Å²) < 4.78 is 15.2. The smallest absolute Gasteiger partial charge is 0.397 e.